The maximum atomic E-state index is 12.5. The summed E-state index contributed by atoms with van der Waals surface area (Å²) >= 11 is 6.50. The first-order valence-electron chi connectivity index (χ1n) is 12.9. The number of ether oxygens (including phenoxy) is 3. The number of esters is 2. The number of fused-ring (bicyclic) bond motifs is 2. The van der Waals surface area contributed by atoms with E-state index in [9.17, 15) is 9.59 Å². The summed E-state index contributed by atoms with van der Waals surface area (Å²) in [6.07, 6.45) is 3.19. The summed E-state index contributed by atoms with van der Waals surface area (Å²) in [7, 11) is 0. The van der Waals surface area contributed by atoms with Crippen LogP contribution in [0.1, 0.15) is 42.8 Å². The minimum Gasteiger partial charge on any atom is -0.459 e. The van der Waals surface area contributed by atoms with Crippen molar-refractivity contribution < 1.29 is 23.8 Å². The highest BCUT2D eigenvalue weighted by Gasteiger charge is 2.44. The molecule has 9 nitrogen and oxygen atoms in total. The minimum atomic E-state index is -0.846. The van der Waals surface area contributed by atoms with Gasteiger partial charge in [-0.1, -0.05) is 42.8 Å². The Balaban J connectivity index is 1.28. The smallest absolute Gasteiger partial charge is 0.338 e. The van der Waals surface area contributed by atoms with Crippen molar-refractivity contribution in [1.29, 1.82) is 0 Å². The second-order valence-electron chi connectivity index (χ2n) is 10.2. The third-order valence-electron chi connectivity index (χ3n) is 7.83. The van der Waals surface area contributed by atoms with Gasteiger partial charge in [0.25, 0.3) is 0 Å². The number of carbonyl (C=O) groups is 2. The van der Waals surface area contributed by atoms with Crippen LogP contribution >= 0.6 is 11.6 Å². The fourth-order valence-corrected chi connectivity index (χ4v) is 6.18. The van der Waals surface area contributed by atoms with Crippen LogP contribution in [0.15, 0.2) is 54.7 Å². The minimum absolute atomic E-state index is 0.0873. The zero-order valence-corrected chi connectivity index (χ0v) is 21.8. The first kappa shape index (κ1) is 24.9. The van der Waals surface area contributed by atoms with Gasteiger partial charge < -0.3 is 19.1 Å². The Hall–Kier alpha value is -3.43. The number of pyridine rings is 1. The molecule has 10 heteroatoms. The van der Waals surface area contributed by atoms with Gasteiger partial charge in [-0.2, -0.15) is 5.10 Å². The first-order valence-corrected chi connectivity index (χ1v) is 13.3. The topological polar surface area (TPSA) is 95.8 Å². The summed E-state index contributed by atoms with van der Waals surface area (Å²) in [5, 5.41) is 5.79. The van der Waals surface area contributed by atoms with E-state index in [1.807, 2.05) is 12.1 Å². The molecule has 1 saturated carbocycles. The summed E-state index contributed by atoms with van der Waals surface area (Å²) < 4.78 is 18.9. The largest absolute Gasteiger partial charge is 0.459 e. The number of benzene rings is 1. The van der Waals surface area contributed by atoms with Crippen molar-refractivity contribution in [2.24, 2.45) is 11.8 Å². The number of nitrogens with zero attached hydrogens (tertiary/aromatic N) is 4. The SMILES string of the molecule is C=C1[C@@H](OC(C)=O)[C@H](n2ncc3c(N4C[C@H]5CCC[C@H]5C4)cc(Cl)nc32)O[C@@H]1COC(=O)c1ccccc1. The fourth-order valence-electron chi connectivity index (χ4n) is 6.00. The molecule has 0 amide bonds. The van der Waals surface area contributed by atoms with Gasteiger partial charge in [-0.15, -0.1) is 0 Å². The van der Waals surface area contributed by atoms with Crippen LogP contribution in [0.3, 0.4) is 0 Å². The molecule has 1 aromatic carbocycles. The fraction of sp³-hybridized carbons (Fsp3) is 0.429. The van der Waals surface area contributed by atoms with Gasteiger partial charge in [-0.3, -0.25) is 4.79 Å². The molecule has 6 rings (SSSR count). The van der Waals surface area contributed by atoms with Gasteiger partial charge in [0.1, 0.15) is 17.9 Å². The van der Waals surface area contributed by atoms with Crippen molar-refractivity contribution in [2.75, 3.05) is 24.6 Å². The average Bonchev–Trinajstić information content (AvgIpc) is 3.67. The molecule has 2 aromatic heterocycles. The van der Waals surface area contributed by atoms with Crippen LogP contribution in [-0.2, 0) is 19.0 Å². The summed E-state index contributed by atoms with van der Waals surface area (Å²) in [6.45, 7) is 7.33. The molecule has 2 saturated heterocycles. The third-order valence-corrected chi connectivity index (χ3v) is 8.03. The molecule has 2 aliphatic heterocycles. The molecule has 1 aliphatic carbocycles. The molecular formula is C28H29ClN4O5. The van der Waals surface area contributed by atoms with Crippen LogP contribution in [0.25, 0.3) is 11.0 Å². The first-order chi connectivity index (χ1) is 18.4. The van der Waals surface area contributed by atoms with E-state index in [2.05, 4.69) is 21.6 Å². The predicted octanol–water partition coefficient (Wildman–Crippen LogP) is 4.56. The highest BCUT2D eigenvalue weighted by atomic mass is 35.5. The normalized spacial score (nSPS) is 26.6. The highest BCUT2D eigenvalue weighted by molar-refractivity contribution is 6.30. The molecule has 198 valence electrons. The Morgan fingerprint density at radius 2 is 1.92 bits per heavy atom. The zero-order valence-electron chi connectivity index (χ0n) is 21.1. The number of rotatable bonds is 6. The second-order valence-corrected chi connectivity index (χ2v) is 10.6. The predicted molar refractivity (Wildman–Crippen MR) is 141 cm³/mol. The Labute approximate surface area is 225 Å². The molecule has 0 spiro atoms. The lowest BCUT2D eigenvalue weighted by atomic mass is 10.0. The van der Waals surface area contributed by atoms with E-state index < -0.39 is 30.4 Å². The van der Waals surface area contributed by atoms with Crippen LogP contribution in [-0.4, -0.2) is 58.6 Å². The van der Waals surface area contributed by atoms with Crippen molar-refractivity contribution in [1.82, 2.24) is 14.8 Å². The molecule has 3 fully saturated rings. The number of anilines is 1. The van der Waals surface area contributed by atoms with E-state index >= 15 is 0 Å². The molecule has 0 N–H and O–H groups in total. The van der Waals surface area contributed by atoms with Gasteiger partial charge in [0.15, 0.2) is 18.0 Å². The molecule has 38 heavy (non-hydrogen) atoms. The van der Waals surface area contributed by atoms with Crippen LogP contribution in [0.4, 0.5) is 5.69 Å². The summed E-state index contributed by atoms with van der Waals surface area (Å²) in [5.41, 5.74) is 2.43. The van der Waals surface area contributed by atoms with Gasteiger partial charge in [0, 0.05) is 20.0 Å². The molecule has 0 radical (unpaired) electrons. The van der Waals surface area contributed by atoms with Crippen molar-refractivity contribution in [2.45, 2.75) is 44.6 Å². The summed E-state index contributed by atoms with van der Waals surface area (Å²) in [5.74, 6) is 0.452. The number of carbonyl (C=O) groups excluding carboxylic acids is 2. The summed E-state index contributed by atoms with van der Waals surface area (Å²) in [4.78, 5) is 31.4. The zero-order chi connectivity index (χ0) is 26.4. The van der Waals surface area contributed by atoms with Gasteiger partial charge in [-0.25, -0.2) is 14.5 Å². The number of hydrogen-bond donors (Lipinski definition) is 0. The highest BCUT2D eigenvalue weighted by Crippen LogP contribution is 2.43. The van der Waals surface area contributed by atoms with E-state index in [0.29, 0.717) is 33.8 Å². The van der Waals surface area contributed by atoms with Crippen molar-refractivity contribution in [3.8, 4) is 0 Å². The van der Waals surface area contributed by atoms with Gasteiger partial charge >= 0.3 is 11.9 Å². The van der Waals surface area contributed by atoms with Crippen molar-refractivity contribution in [3.05, 3.63) is 65.5 Å². The molecule has 3 aliphatic rings. The molecule has 5 atom stereocenters. The molecule has 0 bridgehead atoms. The maximum Gasteiger partial charge on any atom is 0.338 e. The average molecular weight is 537 g/mol. The lowest BCUT2D eigenvalue weighted by Gasteiger charge is -2.22. The van der Waals surface area contributed by atoms with Gasteiger partial charge in [0.2, 0.25) is 0 Å². The van der Waals surface area contributed by atoms with Crippen LogP contribution < -0.4 is 4.90 Å². The Kier molecular flexibility index (Phi) is 6.57. The standard InChI is InChI=1S/C28H29ClN4O5/c1-16-23(15-36-28(35)18-7-4-3-5-8-18)38-27(25(16)37-17(2)34)33-26-21(12-30-33)22(11-24(29)31-26)32-13-19-9-6-10-20(19)14-32/h3-5,7-8,11-12,19-20,23,25,27H,1,6,9-10,13-15H2,2H3/t19-,20+,23-,25-,27-/m1/s1. The van der Waals surface area contributed by atoms with E-state index in [-0.39, 0.29) is 6.61 Å². The monoisotopic (exact) mass is 536 g/mol. The van der Waals surface area contributed by atoms with E-state index in [0.717, 1.165) is 24.2 Å². The maximum absolute atomic E-state index is 12.5. The van der Waals surface area contributed by atoms with E-state index in [4.69, 9.17) is 25.8 Å². The van der Waals surface area contributed by atoms with Crippen LogP contribution in [0, 0.1) is 11.8 Å². The summed E-state index contributed by atoms with van der Waals surface area (Å²) in [6, 6.07) is 10.6. The Morgan fingerprint density at radius 1 is 1.18 bits per heavy atom. The van der Waals surface area contributed by atoms with Gasteiger partial charge in [0.05, 0.1) is 22.8 Å². The lowest BCUT2D eigenvalue weighted by molar-refractivity contribution is -0.151. The molecule has 3 aromatic rings. The number of aromatic nitrogens is 3. The van der Waals surface area contributed by atoms with Gasteiger partial charge in [-0.05, 0) is 48.4 Å². The molecule has 4 heterocycles. The number of hydrogen-bond acceptors (Lipinski definition) is 8. The molecular weight excluding hydrogens is 508 g/mol. The van der Waals surface area contributed by atoms with Crippen molar-refractivity contribution >= 4 is 40.3 Å². The Bertz CT molecular complexity index is 1380. The van der Waals surface area contributed by atoms with Crippen LogP contribution in [0.5, 0.6) is 0 Å². The molecule has 0 unspecified atom stereocenters. The second kappa shape index (κ2) is 10.0. The Morgan fingerprint density at radius 3 is 2.63 bits per heavy atom. The number of halogens is 1. The van der Waals surface area contributed by atoms with E-state index in [1.54, 1.807) is 35.1 Å². The van der Waals surface area contributed by atoms with Crippen LogP contribution in [0.2, 0.25) is 5.15 Å². The quantitative estimate of drug-likeness (QED) is 0.257. The lowest BCUT2D eigenvalue weighted by Crippen LogP contribution is -2.27. The van der Waals surface area contributed by atoms with Crippen molar-refractivity contribution in [3.63, 3.8) is 0 Å². The van der Waals surface area contributed by atoms with E-state index in [1.165, 1.54) is 26.2 Å². The third kappa shape index (κ3) is 4.54.